The van der Waals surface area contributed by atoms with Crippen LogP contribution in [0.1, 0.15) is 182 Å². The van der Waals surface area contributed by atoms with Crippen molar-refractivity contribution in [3.8, 4) is 0 Å². The lowest BCUT2D eigenvalue weighted by molar-refractivity contribution is -0.147. The third-order valence-electron chi connectivity index (χ3n) is 19.5. The summed E-state index contributed by atoms with van der Waals surface area (Å²) < 4.78 is 18.2. The number of carboxylic acid groups (broad SMARTS) is 1. The SMILES string of the molecule is Cc1ccc(C(Cl)C(=O)N2CCCC2c2ccccc2)cc1.Cc1ccc(C(O)C(=O)Cl)cc1.Cc1ccc(C(O)C(=O)N2CCCC2c2ccccc2)cc1.Cc1ccc(C(O)C(=O)O)cc1.Cc1ccc(C(Sc2ccccc2)C(=O)N2CCCC2c2ccccc2)cc1.Cl.O=S(Cl)Cl.O=S(Cl)Cl.c1ccc(C2CCCN2)cc1. The minimum atomic E-state index is -1.67. The van der Waals surface area contributed by atoms with Gasteiger partial charge in [0.25, 0.3) is 11.1 Å². The van der Waals surface area contributed by atoms with Crippen LogP contribution in [-0.4, -0.2) is 98.7 Å². The Labute approximate surface area is 725 Å². The van der Waals surface area contributed by atoms with E-state index in [1.54, 1.807) is 48.2 Å². The monoisotopic (exact) mass is 1760 g/mol. The molecular weight excluding hydrogens is 1670 g/mol. The lowest BCUT2D eigenvalue weighted by atomic mass is 10.0. The molecule has 9 unspecified atom stereocenters. The number of aryl methyl sites for hydroxylation is 5. The summed E-state index contributed by atoms with van der Waals surface area (Å²) >= 11 is 13.2. The second-order valence-electron chi connectivity index (χ2n) is 27.8. The van der Waals surface area contributed by atoms with Crippen LogP contribution in [0.3, 0.4) is 0 Å². The van der Waals surface area contributed by atoms with E-state index >= 15 is 0 Å². The van der Waals surface area contributed by atoms with Gasteiger partial charge < -0.3 is 40.4 Å². The minimum Gasteiger partial charge on any atom is -0.479 e. The molecule has 4 aliphatic heterocycles. The van der Waals surface area contributed by atoms with Gasteiger partial charge in [0.1, 0.15) is 10.6 Å². The Balaban J connectivity index is 0.000000218. The summed E-state index contributed by atoms with van der Waals surface area (Å²) in [6.07, 6.45) is 4.98. The number of aliphatic hydroxyl groups excluding tert-OH is 3. The minimum absolute atomic E-state index is 0. The van der Waals surface area contributed by atoms with Crippen molar-refractivity contribution in [1.82, 2.24) is 20.0 Å². The van der Waals surface area contributed by atoms with Crippen LogP contribution in [0.5, 0.6) is 0 Å². The highest BCUT2D eigenvalue weighted by molar-refractivity contribution is 8.27. The van der Waals surface area contributed by atoms with E-state index in [2.05, 4.69) is 175 Å². The first-order valence-electron chi connectivity index (χ1n) is 37.7. The molecule has 0 saturated carbocycles. The fourth-order valence-electron chi connectivity index (χ4n) is 13.4. The number of thioether (sulfide) groups is 1. The number of carboxylic acids is 1. The molecular formula is C91H99Cl7N4O11S3. The van der Waals surface area contributed by atoms with Gasteiger partial charge in [0.2, 0.25) is 30.3 Å². The third kappa shape index (κ3) is 32.2. The zero-order valence-corrected chi connectivity index (χ0v) is 72.9. The van der Waals surface area contributed by atoms with Gasteiger partial charge in [-0.1, -0.05) is 289 Å². The quantitative estimate of drug-likeness (QED) is 0.0345. The fraction of sp³-hybridized carbons (Fsp3) is 0.286. The molecule has 0 radical (unpaired) electrons. The molecule has 4 aliphatic rings. The number of rotatable bonds is 16. The molecule has 10 aromatic rings. The Morgan fingerprint density at radius 2 is 0.681 bits per heavy atom. The van der Waals surface area contributed by atoms with E-state index in [1.165, 1.54) is 47.2 Å². The van der Waals surface area contributed by atoms with Gasteiger partial charge in [-0.25, -0.2) is 13.2 Å². The number of hydrogen-bond acceptors (Lipinski definition) is 12. The van der Waals surface area contributed by atoms with Crippen LogP contribution in [0, 0.1) is 34.6 Å². The first-order valence-corrected chi connectivity index (χ1v) is 45.0. The van der Waals surface area contributed by atoms with E-state index < -0.39 is 53.4 Å². The molecule has 0 spiro atoms. The van der Waals surface area contributed by atoms with Crippen molar-refractivity contribution in [3.05, 3.63) is 351 Å². The summed E-state index contributed by atoms with van der Waals surface area (Å²) in [5, 5.41) is 39.1. The molecule has 15 nitrogen and oxygen atoms in total. The van der Waals surface area contributed by atoms with Crippen molar-refractivity contribution in [2.24, 2.45) is 0 Å². The van der Waals surface area contributed by atoms with Crippen LogP contribution in [-0.2, 0) is 42.4 Å². The number of hydrogen-bond donors (Lipinski definition) is 5. The number of amides is 3. The number of aliphatic hydroxyl groups is 3. The van der Waals surface area contributed by atoms with Crippen molar-refractivity contribution >= 4 is 137 Å². The number of carbonyl (C=O) groups is 5. The number of carbonyl (C=O) groups excluding carboxylic acids is 4. The number of nitrogens with one attached hydrogen (secondary N) is 1. The summed E-state index contributed by atoms with van der Waals surface area (Å²) in [5.41, 5.74) is 14.2. The summed E-state index contributed by atoms with van der Waals surface area (Å²) in [5.74, 6) is -1.20. The molecule has 4 saturated heterocycles. The lowest BCUT2D eigenvalue weighted by Crippen LogP contribution is -2.34. The van der Waals surface area contributed by atoms with Crippen LogP contribution < -0.4 is 5.32 Å². The molecule has 4 heterocycles. The standard InChI is InChI=1S/C25H25NOS.C19H20ClNO.C19H21NO2.C10H13N.C9H9ClO2.C9H10O3.2Cl2OS.ClH/c1-19-14-16-21(17-15-19)24(28-22-11-6-3-7-12-22)25(27)26-18-8-13-23(26)20-9-4-2-5-10-20;1-14-9-11-16(12-10-14)18(20)19(22)21-13-5-8-17(21)15-6-3-2-4-7-15;1-14-9-11-16(12-10-14)18(21)19(22)20-13-5-8-17(20)15-6-3-2-4-7-15;1-2-5-9(6-3-1)10-7-4-8-11-10;1-6-2-4-7(5-3-6)8(11)9(10)12;1-6-2-4-7(5-3-6)8(10)9(11)12;2*1-4(2)3;/h2-7,9-12,14-17,23-24H,8,13,18H2,1H3;2-4,6-7,9-12,17-18H,5,8,13H2,1H3;2-4,6-7,9-12,17-18,21H,5,8,13H2,1H3;1-3,5-6,10-11H,4,7-8H2;2-5,8,11H,1H3;2-5,8,10H,1H3,(H,11,12);;;1H. The molecule has 25 heteroatoms. The van der Waals surface area contributed by atoms with Gasteiger partial charge in [-0.05, 0) is 166 Å². The number of nitrogens with zero attached hydrogens (tertiary/aromatic N) is 3. The lowest BCUT2D eigenvalue weighted by Gasteiger charge is -2.29. The number of halogens is 7. The van der Waals surface area contributed by atoms with Crippen molar-refractivity contribution < 1.29 is 52.8 Å². The largest absolute Gasteiger partial charge is 0.479 e. The van der Waals surface area contributed by atoms with Gasteiger partial charge in [-0.2, -0.15) is 0 Å². The fourth-order valence-corrected chi connectivity index (χ4v) is 15.0. The number of likely N-dealkylation sites (tertiary alicyclic amines) is 3. The van der Waals surface area contributed by atoms with Gasteiger partial charge in [-0.3, -0.25) is 19.2 Å². The Morgan fingerprint density at radius 1 is 0.388 bits per heavy atom. The highest BCUT2D eigenvalue weighted by Crippen LogP contribution is 2.42. The van der Waals surface area contributed by atoms with E-state index in [0.717, 1.165) is 89.9 Å². The van der Waals surface area contributed by atoms with Crippen LogP contribution in [0.25, 0.3) is 0 Å². The zero-order chi connectivity index (χ0) is 83.3. The number of benzene rings is 10. The Bertz CT molecular complexity index is 4420. The average Bonchev–Trinajstić information content (AvgIpc) is 1.61. The Morgan fingerprint density at radius 3 is 1.01 bits per heavy atom. The highest BCUT2D eigenvalue weighted by atomic mass is 36.0. The Hall–Kier alpha value is -7.73. The maximum atomic E-state index is 13.7. The van der Waals surface area contributed by atoms with E-state index in [9.17, 15) is 34.2 Å². The van der Waals surface area contributed by atoms with Gasteiger partial charge >= 0.3 is 5.97 Å². The normalized spacial score (nSPS) is 16.9. The number of aliphatic carboxylic acids is 1. The van der Waals surface area contributed by atoms with E-state index in [1.807, 2.05) is 159 Å². The third-order valence-corrected chi connectivity index (χ3v) is 21.4. The van der Waals surface area contributed by atoms with Crippen molar-refractivity contribution in [1.29, 1.82) is 0 Å². The van der Waals surface area contributed by atoms with E-state index in [-0.39, 0.29) is 53.5 Å². The molecule has 0 aliphatic carbocycles. The van der Waals surface area contributed by atoms with Crippen molar-refractivity contribution in [3.63, 3.8) is 0 Å². The van der Waals surface area contributed by atoms with E-state index in [4.69, 9.17) is 41.8 Å². The second kappa shape index (κ2) is 51.6. The molecule has 10 aromatic carbocycles. The van der Waals surface area contributed by atoms with Gasteiger partial charge in [0.15, 0.2) is 18.3 Å². The van der Waals surface area contributed by atoms with Gasteiger partial charge in [-0.15, -0.1) is 35.8 Å². The Kier molecular flexibility index (Phi) is 43.2. The highest BCUT2D eigenvalue weighted by Gasteiger charge is 2.37. The summed E-state index contributed by atoms with van der Waals surface area (Å²) in [6, 6.07) is 90.2. The van der Waals surface area contributed by atoms with Crippen LogP contribution in [0.2, 0.25) is 0 Å². The molecule has 0 bridgehead atoms. The molecule has 5 N–H and O–H groups in total. The molecule has 14 rings (SSSR count). The smallest absolute Gasteiger partial charge is 0.337 e. The van der Waals surface area contributed by atoms with Gasteiger partial charge in [0.05, 0.1) is 18.1 Å². The van der Waals surface area contributed by atoms with E-state index in [0.29, 0.717) is 29.3 Å². The molecule has 0 aromatic heterocycles. The molecule has 3 amide bonds. The first-order chi connectivity index (χ1) is 55.2. The average molecular weight is 1770 g/mol. The molecule has 4 fully saturated rings. The zero-order valence-electron chi connectivity index (χ0n) is 65.1. The molecule has 9 atom stereocenters. The first kappa shape index (κ1) is 97.1. The predicted octanol–water partition coefficient (Wildman–Crippen LogP) is 21.7. The van der Waals surface area contributed by atoms with Crippen LogP contribution in [0.15, 0.2) is 278 Å². The summed E-state index contributed by atoms with van der Waals surface area (Å²) in [7, 11) is 14.7. The summed E-state index contributed by atoms with van der Waals surface area (Å²) in [4.78, 5) is 67.1. The van der Waals surface area contributed by atoms with Gasteiger partial charge in [0, 0.05) is 73.3 Å². The molecule has 116 heavy (non-hydrogen) atoms. The van der Waals surface area contributed by atoms with Crippen molar-refractivity contribution in [2.45, 2.75) is 144 Å². The number of alkyl halides is 1. The topological polar surface area (TPSA) is 222 Å². The molecule has 616 valence electrons. The van der Waals surface area contributed by atoms with Crippen molar-refractivity contribution in [2.75, 3.05) is 26.2 Å². The summed E-state index contributed by atoms with van der Waals surface area (Å²) in [6.45, 7) is 13.4. The van der Waals surface area contributed by atoms with Crippen LogP contribution in [0.4, 0.5) is 0 Å². The maximum Gasteiger partial charge on any atom is 0.337 e. The second-order valence-corrected chi connectivity index (χ2v) is 34.8. The predicted molar refractivity (Wildman–Crippen MR) is 477 cm³/mol. The maximum absolute atomic E-state index is 13.7. The van der Waals surface area contributed by atoms with Crippen LogP contribution >= 0.6 is 90.1 Å².